The van der Waals surface area contributed by atoms with E-state index in [2.05, 4.69) is 22.9 Å². The average Bonchev–Trinajstić information content (AvgIpc) is 1.68. The second-order valence-electron chi connectivity index (χ2n) is 1.12. The Morgan fingerprint density at radius 3 is 2.88 bits per heavy atom. The third kappa shape index (κ3) is 3.55. The first-order chi connectivity index (χ1) is 3.81. The molecule has 0 saturated carbocycles. The number of thiocarbonyl (C=S) groups is 1. The number of carbonyl (C=O) groups excluding carboxylic acids is 1. The van der Waals surface area contributed by atoms with Crippen LogP contribution in [0.5, 0.6) is 0 Å². The van der Waals surface area contributed by atoms with E-state index in [0.717, 1.165) is 0 Å². The van der Waals surface area contributed by atoms with Crippen LogP contribution in [0.4, 0.5) is 4.79 Å². The minimum Gasteiger partial charge on any atom is -0.338 e. The first-order valence-corrected chi connectivity index (χ1v) is 2.76. The van der Waals surface area contributed by atoms with Crippen LogP contribution in [0.25, 0.3) is 0 Å². The molecule has 3 nitrogen and oxygen atoms in total. The smallest absolute Gasteiger partial charge is 0.319 e. The molecule has 46 valence electrons. The molecule has 0 radical (unpaired) electrons. The van der Waals surface area contributed by atoms with E-state index in [4.69, 9.17) is 0 Å². The van der Waals surface area contributed by atoms with Gasteiger partial charge < -0.3 is 10.6 Å². The maximum Gasteiger partial charge on any atom is 0.319 e. The van der Waals surface area contributed by atoms with E-state index in [1.165, 1.54) is 5.49 Å². The molecule has 0 aliphatic carbocycles. The zero-order valence-electron chi connectivity index (χ0n) is 4.60. The lowest BCUT2D eigenvalue weighted by Gasteiger charge is -1.96. The molecule has 8 heavy (non-hydrogen) atoms. The molecule has 0 saturated heterocycles. The number of hydrogen-bond acceptors (Lipinski definition) is 2. The van der Waals surface area contributed by atoms with Gasteiger partial charge in [-0.25, -0.2) is 4.79 Å². The molecular formula is C4H8N2OS. The second kappa shape index (κ2) is 4.52. The third-order valence-electron chi connectivity index (χ3n) is 0.527. The summed E-state index contributed by atoms with van der Waals surface area (Å²) in [6.07, 6.45) is 0. The quantitative estimate of drug-likeness (QED) is 0.529. The highest BCUT2D eigenvalue weighted by Crippen LogP contribution is 1.58. The maximum atomic E-state index is 10.3. The van der Waals surface area contributed by atoms with E-state index in [9.17, 15) is 4.79 Å². The predicted molar refractivity (Wildman–Crippen MR) is 35.9 cm³/mol. The van der Waals surface area contributed by atoms with Crippen molar-refractivity contribution in [3.8, 4) is 0 Å². The van der Waals surface area contributed by atoms with E-state index in [-0.39, 0.29) is 6.03 Å². The average molecular weight is 132 g/mol. The lowest BCUT2D eigenvalue weighted by atomic mass is 10.7. The molecule has 0 aromatic heterocycles. The van der Waals surface area contributed by atoms with Gasteiger partial charge in [-0.15, -0.1) is 0 Å². The molecule has 0 aromatic carbocycles. The third-order valence-corrected chi connectivity index (χ3v) is 0.645. The monoisotopic (exact) mass is 132 g/mol. The summed E-state index contributed by atoms with van der Waals surface area (Å²) >= 11 is 4.35. The number of urea groups is 1. The second-order valence-corrected chi connectivity index (χ2v) is 1.36. The van der Waals surface area contributed by atoms with Crippen molar-refractivity contribution in [2.45, 2.75) is 6.92 Å². The fraction of sp³-hybridized carbons (Fsp3) is 0.500. The Balaban J connectivity index is 3.18. The fourth-order valence-electron chi connectivity index (χ4n) is 0.265. The van der Waals surface area contributed by atoms with Crippen LogP contribution in [0.1, 0.15) is 6.92 Å². The zero-order valence-corrected chi connectivity index (χ0v) is 5.42. The minimum atomic E-state index is -0.248. The number of amides is 2. The first-order valence-electron chi connectivity index (χ1n) is 2.29. The highest BCUT2D eigenvalue weighted by atomic mass is 32.1. The Bertz CT molecular complexity index is 94.0. The topological polar surface area (TPSA) is 41.1 Å². The number of carbonyl (C=O) groups is 1. The molecule has 0 spiro atoms. The number of hydrogen-bond donors (Lipinski definition) is 2. The van der Waals surface area contributed by atoms with E-state index in [1.54, 1.807) is 0 Å². The van der Waals surface area contributed by atoms with Crippen LogP contribution in [-0.4, -0.2) is 18.1 Å². The lowest BCUT2D eigenvalue weighted by molar-refractivity contribution is 0.246. The van der Waals surface area contributed by atoms with Crippen molar-refractivity contribution < 1.29 is 4.79 Å². The molecular weight excluding hydrogens is 124 g/mol. The first kappa shape index (κ1) is 7.36. The summed E-state index contributed by atoms with van der Waals surface area (Å²) in [6, 6.07) is -0.248. The van der Waals surface area contributed by atoms with E-state index < -0.39 is 0 Å². The van der Waals surface area contributed by atoms with Gasteiger partial charge in [-0.3, -0.25) is 0 Å². The van der Waals surface area contributed by atoms with Crippen LogP contribution in [0, 0.1) is 0 Å². The van der Waals surface area contributed by atoms with E-state index in [0.29, 0.717) is 6.54 Å². The predicted octanol–water partition coefficient (Wildman–Crippen LogP) is 0.263. The van der Waals surface area contributed by atoms with Crippen LogP contribution in [0.15, 0.2) is 0 Å². The Hall–Kier alpha value is -0.640. The summed E-state index contributed by atoms with van der Waals surface area (Å²) in [5, 5.41) is 4.78. The highest BCUT2D eigenvalue weighted by molar-refractivity contribution is 7.78. The van der Waals surface area contributed by atoms with Gasteiger partial charge in [0.1, 0.15) is 0 Å². The van der Waals surface area contributed by atoms with Gasteiger partial charge >= 0.3 is 6.03 Å². The van der Waals surface area contributed by atoms with Crippen molar-refractivity contribution in [3.63, 3.8) is 0 Å². The van der Waals surface area contributed by atoms with Gasteiger partial charge in [0, 0.05) is 6.54 Å². The minimum absolute atomic E-state index is 0.248. The highest BCUT2D eigenvalue weighted by Gasteiger charge is 1.88. The summed E-state index contributed by atoms with van der Waals surface area (Å²) < 4.78 is 0. The van der Waals surface area contributed by atoms with Gasteiger partial charge in [0.2, 0.25) is 0 Å². The molecule has 0 bridgehead atoms. The van der Waals surface area contributed by atoms with Crippen molar-refractivity contribution in [3.05, 3.63) is 0 Å². The van der Waals surface area contributed by atoms with E-state index in [1.807, 2.05) is 6.92 Å². The Morgan fingerprint density at radius 2 is 2.50 bits per heavy atom. The molecule has 0 heterocycles. The van der Waals surface area contributed by atoms with Gasteiger partial charge in [0.05, 0.1) is 5.49 Å². The summed E-state index contributed by atoms with van der Waals surface area (Å²) in [6.45, 7) is 2.46. The summed E-state index contributed by atoms with van der Waals surface area (Å²) in [4.78, 5) is 10.3. The van der Waals surface area contributed by atoms with Crippen molar-refractivity contribution in [2.75, 3.05) is 6.54 Å². The molecule has 0 aromatic rings. The summed E-state index contributed by atoms with van der Waals surface area (Å²) in [5.41, 5.74) is 1.17. The lowest BCUT2D eigenvalue weighted by Crippen LogP contribution is -2.33. The van der Waals surface area contributed by atoms with Crippen molar-refractivity contribution in [1.82, 2.24) is 10.6 Å². The SMILES string of the molecule is CCNC(=O)NC=S. The standard InChI is InChI=1S/C4H8N2OS/c1-2-5-4(7)6-3-8/h3H,2H2,1H3,(H2,5,6,7,8). The molecule has 0 rings (SSSR count). The fourth-order valence-corrected chi connectivity index (χ4v) is 0.372. The molecule has 0 fully saturated rings. The van der Waals surface area contributed by atoms with Crippen LogP contribution in [0.2, 0.25) is 0 Å². The molecule has 0 atom stereocenters. The van der Waals surface area contributed by atoms with E-state index >= 15 is 0 Å². The van der Waals surface area contributed by atoms with Crippen molar-refractivity contribution in [2.24, 2.45) is 0 Å². The summed E-state index contributed by atoms with van der Waals surface area (Å²) in [7, 11) is 0. The normalized spacial score (nSPS) is 7.62. The van der Waals surface area contributed by atoms with Gasteiger partial charge in [-0.1, -0.05) is 12.2 Å². The van der Waals surface area contributed by atoms with Crippen LogP contribution < -0.4 is 10.6 Å². The van der Waals surface area contributed by atoms with Crippen molar-refractivity contribution in [1.29, 1.82) is 0 Å². The molecule has 2 amide bonds. The van der Waals surface area contributed by atoms with Gasteiger partial charge in [0.25, 0.3) is 0 Å². The van der Waals surface area contributed by atoms with Gasteiger partial charge in [0.15, 0.2) is 0 Å². The molecule has 0 aliphatic rings. The largest absolute Gasteiger partial charge is 0.338 e. The summed E-state index contributed by atoms with van der Waals surface area (Å²) in [5.74, 6) is 0. The Labute approximate surface area is 53.5 Å². The number of rotatable bonds is 2. The van der Waals surface area contributed by atoms with Crippen LogP contribution >= 0.6 is 12.2 Å². The molecule has 4 heteroatoms. The Kier molecular flexibility index (Phi) is 4.16. The van der Waals surface area contributed by atoms with Crippen LogP contribution in [-0.2, 0) is 0 Å². The molecule has 0 unspecified atom stereocenters. The molecule has 0 aliphatic heterocycles. The van der Waals surface area contributed by atoms with Crippen LogP contribution in [0.3, 0.4) is 0 Å². The molecule has 2 N–H and O–H groups in total. The number of nitrogens with one attached hydrogen (secondary N) is 2. The Morgan fingerprint density at radius 1 is 1.88 bits per heavy atom. The maximum absolute atomic E-state index is 10.3. The zero-order chi connectivity index (χ0) is 6.41. The van der Waals surface area contributed by atoms with Gasteiger partial charge in [-0.2, -0.15) is 0 Å². The van der Waals surface area contributed by atoms with Crippen molar-refractivity contribution >= 4 is 23.7 Å². The van der Waals surface area contributed by atoms with Gasteiger partial charge in [-0.05, 0) is 6.92 Å².